The Labute approximate surface area is 272 Å². The molecule has 0 saturated carbocycles. The lowest BCUT2D eigenvalue weighted by Gasteiger charge is -2.37. The fourth-order valence-corrected chi connectivity index (χ4v) is 8.56. The van der Waals surface area contributed by atoms with Gasteiger partial charge in [0.15, 0.2) is 5.82 Å². The smallest absolute Gasteiger partial charge is 0.423 e. The average molecular weight is 667 g/mol. The van der Waals surface area contributed by atoms with E-state index in [0.29, 0.717) is 18.4 Å². The molecule has 1 aromatic heterocycles. The van der Waals surface area contributed by atoms with E-state index in [1.165, 1.54) is 30.3 Å². The number of halogens is 6. The van der Waals surface area contributed by atoms with E-state index < -0.39 is 41.0 Å². The third kappa shape index (κ3) is 4.93. The number of phenolic OH excluding ortho intramolecular Hbond substituents is 1. The molecule has 4 aromatic rings. The lowest BCUT2D eigenvalue weighted by atomic mass is 9.92. The van der Waals surface area contributed by atoms with E-state index in [2.05, 4.69) is 16.2 Å². The van der Waals surface area contributed by atoms with Crippen LogP contribution in [0.4, 0.5) is 32.0 Å². The number of aromatic hydroxyl groups is 1. The van der Waals surface area contributed by atoms with Gasteiger partial charge in [0.25, 0.3) is 0 Å². The molecule has 0 spiro atoms. The largest absolute Gasteiger partial charge is 0.508 e. The number of aromatic nitrogens is 1. The number of benzene rings is 3. The summed E-state index contributed by atoms with van der Waals surface area (Å²) >= 11 is 0. The molecule has 6 nitrogen and oxygen atoms in total. The zero-order valence-corrected chi connectivity index (χ0v) is 25.8. The van der Waals surface area contributed by atoms with Gasteiger partial charge in [-0.05, 0) is 67.4 Å². The normalized spacial score (nSPS) is 25.6. The van der Waals surface area contributed by atoms with Crippen molar-refractivity contribution in [2.45, 2.75) is 62.1 Å². The molecule has 4 fully saturated rings. The Morgan fingerprint density at radius 2 is 1.83 bits per heavy atom. The molecule has 12 heteroatoms. The highest BCUT2D eigenvalue weighted by Crippen LogP contribution is 2.49. The van der Waals surface area contributed by atoms with E-state index >= 15 is 17.6 Å². The van der Waals surface area contributed by atoms with Crippen LogP contribution in [0.1, 0.15) is 43.2 Å². The molecule has 4 aliphatic heterocycles. The standard InChI is InChI=1S/C36H32F6N4O2/c1-2-24-28(38)9-4-19-12-23(47)13-27(29(19)24)25-7-8-26-32(31(25)39)44-34(48-18-35-10-3-11-46(35)15-20(37)14-35)30(36(40,41)42)33(26)45-16-21-5-6-22(17-45)43-21/h1,4,7-9,12-13,20-22,43,47H,3,5-6,10-11,14-18H2/t20-,21-,22+,35+/m1/s1. The zero-order chi connectivity index (χ0) is 33.5. The summed E-state index contributed by atoms with van der Waals surface area (Å²) in [5.74, 6) is -0.405. The lowest BCUT2D eigenvalue weighted by molar-refractivity contribution is -0.139. The highest BCUT2D eigenvalue weighted by molar-refractivity contribution is 6.05. The van der Waals surface area contributed by atoms with Gasteiger partial charge in [0.1, 0.15) is 35.4 Å². The predicted molar refractivity (Wildman–Crippen MR) is 170 cm³/mol. The molecule has 0 radical (unpaired) electrons. The summed E-state index contributed by atoms with van der Waals surface area (Å²) in [6.07, 6.45) is 2.66. The summed E-state index contributed by atoms with van der Waals surface area (Å²) in [7, 11) is 0. The van der Waals surface area contributed by atoms with Gasteiger partial charge in [-0.15, -0.1) is 6.42 Å². The average Bonchev–Trinajstić information content (AvgIpc) is 3.69. The van der Waals surface area contributed by atoms with Gasteiger partial charge in [-0.3, -0.25) is 4.90 Å². The third-order valence-corrected chi connectivity index (χ3v) is 10.6. The molecule has 4 saturated heterocycles. The number of nitrogens with one attached hydrogen (secondary N) is 1. The topological polar surface area (TPSA) is 60.9 Å². The number of rotatable bonds is 5. The fraction of sp³-hybridized carbons (Fsp3) is 0.417. The van der Waals surface area contributed by atoms with E-state index in [-0.39, 0.29) is 89.2 Å². The molecule has 0 aliphatic carbocycles. The molecule has 4 atom stereocenters. The summed E-state index contributed by atoms with van der Waals surface area (Å²) in [5, 5.41) is 14.4. The molecule has 2 N–H and O–H groups in total. The Morgan fingerprint density at radius 1 is 1.06 bits per heavy atom. The van der Waals surface area contributed by atoms with Crippen LogP contribution in [-0.4, -0.2) is 71.6 Å². The van der Waals surface area contributed by atoms with Gasteiger partial charge in [-0.1, -0.05) is 18.1 Å². The minimum Gasteiger partial charge on any atom is -0.508 e. The molecule has 0 amide bonds. The van der Waals surface area contributed by atoms with E-state index in [1.54, 1.807) is 4.90 Å². The van der Waals surface area contributed by atoms with Crippen molar-refractivity contribution >= 4 is 27.4 Å². The summed E-state index contributed by atoms with van der Waals surface area (Å²) < 4.78 is 98.0. The first-order valence-corrected chi connectivity index (χ1v) is 16.1. The highest BCUT2D eigenvalue weighted by Gasteiger charge is 2.50. The van der Waals surface area contributed by atoms with Crippen LogP contribution in [-0.2, 0) is 6.18 Å². The summed E-state index contributed by atoms with van der Waals surface area (Å²) in [5.41, 5.74) is -2.69. The maximum absolute atomic E-state index is 17.0. The Bertz CT molecular complexity index is 2000. The Morgan fingerprint density at radius 3 is 2.56 bits per heavy atom. The van der Waals surface area contributed by atoms with Crippen molar-refractivity contribution in [3.8, 4) is 35.1 Å². The first-order valence-electron chi connectivity index (χ1n) is 16.1. The summed E-state index contributed by atoms with van der Waals surface area (Å²) in [6.45, 7) is 1.11. The molecule has 48 heavy (non-hydrogen) atoms. The van der Waals surface area contributed by atoms with Crippen LogP contribution in [0.25, 0.3) is 32.8 Å². The maximum atomic E-state index is 17.0. The van der Waals surface area contributed by atoms with Gasteiger partial charge in [-0.2, -0.15) is 13.2 Å². The van der Waals surface area contributed by atoms with Crippen molar-refractivity contribution in [2.24, 2.45) is 0 Å². The predicted octanol–water partition coefficient (Wildman–Crippen LogP) is 6.93. The quantitative estimate of drug-likeness (QED) is 0.178. The first kappa shape index (κ1) is 31.1. The van der Waals surface area contributed by atoms with E-state index in [9.17, 15) is 13.9 Å². The van der Waals surface area contributed by atoms with Crippen molar-refractivity contribution in [3.05, 3.63) is 59.2 Å². The second kappa shape index (κ2) is 11.2. The van der Waals surface area contributed by atoms with E-state index in [0.717, 1.165) is 25.3 Å². The molecule has 8 rings (SSSR count). The second-order valence-corrected chi connectivity index (χ2v) is 13.5. The number of fused-ring (bicyclic) bond motifs is 5. The summed E-state index contributed by atoms with van der Waals surface area (Å²) in [6, 6.07) is 7.78. The van der Waals surface area contributed by atoms with Crippen molar-refractivity contribution in [1.82, 2.24) is 15.2 Å². The van der Waals surface area contributed by atoms with Gasteiger partial charge in [-0.25, -0.2) is 18.2 Å². The SMILES string of the molecule is C#Cc1c(F)ccc2cc(O)cc(-c3ccc4c(N5C[C@H]6CC[C@@H](C5)N6)c(C(F)(F)F)c(OC[C@@]56CCCN5C[C@H](F)C6)nc4c3F)c12. The van der Waals surface area contributed by atoms with Crippen molar-refractivity contribution in [2.75, 3.05) is 37.7 Å². The van der Waals surface area contributed by atoms with Gasteiger partial charge >= 0.3 is 6.18 Å². The number of phenols is 1. The van der Waals surface area contributed by atoms with Crippen LogP contribution in [0.2, 0.25) is 0 Å². The zero-order valence-electron chi connectivity index (χ0n) is 25.8. The Balaban J connectivity index is 1.36. The number of nitrogens with zero attached hydrogens (tertiary/aromatic N) is 3. The van der Waals surface area contributed by atoms with Crippen LogP contribution in [0, 0.1) is 24.0 Å². The van der Waals surface area contributed by atoms with E-state index in [4.69, 9.17) is 11.2 Å². The minimum atomic E-state index is -4.92. The number of alkyl halides is 4. The van der Waals surface area contributed by atoms with Crippen LogP contribution < -0.4 is 15.0 Å². The molecule has 2 bridgehead atoms. The van der Waals surface area contributed by atoms with Gasteiger partial charge in [0.2, 0.25) is 5.88 Å². The van der Waals surface area contributed by atoms with Crippen LogP contribution in [0.5, 0.6) is 11.6 Å². The molecule has 5 heterocycles. The number of ether oxygens (including phenoxy) is 1. The highest BCUT2D eigenvalue weighted by atomic mass is 19.4. The number of hydrogen-bond donors (Lipinski definition) is 2. The molecule has 250 valence electrons. The van der Waals surface area contributed by atoms with Crippen LogP contribution in [0.15, 0.2) is 36.4 Å². The maximum Gasteiger partial charge on any atom is 0.423 e. The van der Waals surface area contributed by atoms with Crippen LogP contribution in [0.3, 0.4) is 0 Å². The molecular weight excluding hydrogens is 634 g/mol. The number of piperazine rings is 1. The fourth-order valence-electron chi connectivity index (χ4n) is 8.56. The number of anilines is 1. The number of terminal acetylenes is 1. The van der Waals surface area contributed by atoms with Crippen LogP contribution >= 0.6 is 0 Å². The van der Waals surface area contributed by atoms with Gasteiger partial charge in [0.05, 0.1) is 16.8 Å². The third-order valence-electron chi connectivity index (χ3n) is 10.6. The first-order chi connectivity index (χ1) is 23.0. The minimum absolute atomic E-state index is 0.0387. The molecule has 3 aromatic carbocycles. The summed E-state index contributed by atoms with van der Waals surface area (Å²) in [4.78, 5) is 7.81. The second-order valence-electron chi connectivity index (χ2n) is 13.5. The van der Waals surface area contributed by atoms with E-state index in [1.807, 2.05) is 4.90 Å². The lowest BCUT2D eigenvalue weighted by Crippen LogP contribution is -2.51. The number of pyridine rings is 1. The molecule has 4 aliphatic rings. The molecular formula is C36H32F6N4O2. The monoisotopic (exact) mass is 666 g/mol. The van der Waals surface area contributed by atoms with Crippen molar-refractivity contribution < 1.29 is 36.2 Å². The Hall–Kier alpha value is -4.21. The van der Waals surface area contributed by atoms with Crippen molar-refractivity contribution in [3.63, 3.8) is 0 Å². The molecule has 0 unspecified atom stereocenters. The van der Waals surface area contributed by atoms with Gasteiger partial charge in [0, 0.05) is 54.5 Å². The Kier molecular flexibility index (Phi) is 7.23. The van der Waals surface area contributed by atoms with Crippen molar-refractivity contribution in [1.29, 1.82) is 0 Å². The van der Waals surface area contributed by atoms with Gasteiger partial charge < -0.3 is 20.1 Å². The number of hydrogen-bond acceptors (Lipinski definition) is 6.